The normalized spacial score (nSPS) is 12.0. The maximum atomic E-state index is 12.8. The molecule has 140 valence electrons. The van der Waals surface area contributed by atoms with E-state index >= 15 is 0 Å². The van der Waals surface area contributed by atoms with E-state index < -0.39 is 0 Å². The van der Waals surface area contributed by atoms with Gasteiger partial charge in [-0.1, -0.05) is 41.3 Å². The molecule has 0 radical (unpaired) electrons. The number of aromatic amines is 1. The van der Waals surface area contributed by atoms with Gasteiger partial charge in [-0.3, -0.25) is 9.59 Å². The predicted octanol–water partition coefficient (Wildman–Crippen LogP) is 4.79. The minimum Gasteiger partial charge on any atom is -0.355 e. The zero-order valence-electron chi connectivity index (χ0n) is 15.5. The fourth-order valence-corrected chi connectivity index (χ4v) is 4.86. The fraction of sp³-hybridized carbons (Fsp3) is 0.263. The first-order chi connectivity index (χ1) is 12.9. The van der Waals surface area contributed by atoms with Crippen LogP contribution in [-0.2, 0) is 0 Å². The minimum absolute atomic E-state index is 0.0404. The van der Waals surface area contributed by atoms with Crippen molar-refractivity contribution in [2.45, 2.75) is 37.3 Å². The molecule has 3 aromatic rings. The first-order valence-corrected chi connectivity index (χ1v) is 10.1. The van der Waals surface area contributed by atoms with E-state index in [4.69, 9.17) is 0 Å². The van der Waals surface area contributed by atoms with Crippen molar-refractivity contribution in [1.29, 1.82) is 0 Å². The number of anilines is 2. The lowest BCUT2D eigenvalue weighted by Crippen LogP contribution is -2.15. The molecule has 0 amide bonds. The highest BCUT2D eigenvalue weighted by Crippen LogP contribution is 2.32. The number of carbonyl (C=O) groups excluding carboxylic acids is 2. The van der Waals surface area contributed by atoms with E-state index in [1.165, 1.54) is 30.0 Å². The van der Waals surface area contributed by atoms with Crippen molar-refractivity contribution in [3.8, 4) is 0 Å². The van der Waals surface area contributed by atoms with Gasteiger partial charge in [0.15, 0.2) is 15.9 Å². The molecule has 0 saturated carbocycles. The third kappa shape index (κ3) is 4.28. The molecule has 0 aliphatic heterocycles. The Hall–Kier alpha value is -2.45. The lowest BCUT2D eigenvalue weighted by atomic mass is 10.0. The summed E-state index contributed by atoms with van der Waals surface area (Å²) in [6.07, 6.45) is 0. The van der Waals surface area contributed by atoms with E-state index in [1.54, 1.807) is 6.92 Å². The number of hydrogen-bond donors (Lipinski definition) is 2. The molecule has 27 heavy (non-hydrogen) atoms. The lowest BCUT2D eigenvalue weighted by molar-refractivity contribution is 0.0988. The minimum atomic E-state index is -0.348. The second-order valence-corrected chi connectivity index (χ2v) is 8.74. The highest BCUT2D eigenvalue weighted by atomic mass is 32.2. The molecule has 3 rings (SSSR count). The Kier molecular flexibility index (Phi) is 5.76. The molecule has 0 fully saturated rings. The van der Waals surface area contributed by atoms with Crippen LogP contribution < -0.4 is 5.32 Å². The number of H-pyrrole nitrogens is 1. The van der Waals surface area contributed by atoms with Crippen molar-refractivity contribution in [1.82, 2.24) is 15.2 Å². The number of para-hydroxylation sites is 1. The summed E-state index contributed by atoms with van der Waals surface area (Å²) >= 11 is 2.76. The van der Waals surface area contributed by atoms with Gasteiger partial charge < -0.3 is 10.3 Å². The second-order valence-electron chi connectivity index (χ2n) is 6.17. The number of nitrogens with zero attached hydrogens (tertiary/aromatic N) is 2. The fourth-order valence-electron chi connectivity index (χ4n) is 2.89. The summed E-state index contributed by atoms with van der Waals surface area (Å²) in [4.78, 5) is 27.7. The van der Waals surface area contributed by atoms with Gasteiger partial charge in [-0.25, -0.2) is 0 Å². The number of thioether (sulfide) groups is 1. The molecule has 2 aromatic heterocycles. The molecule has 8 heteroatoms. The Labute approximate surface area is 165 Å². The average molecular weight is 401 g/mol. The molecule has 1 aromatic carbocycles. The molecule has 1 atom stereocenters. The molecule has 0 aliphatic rings. The molecular weight excluding hydrogens is 380 g/mol. The molecular formula is C19H20N4O2S2. The van der Waals surface area contributed by atoms with Crippen LogP contribution in [0.2, 0.25) is 0 Å². The van der Waals surface area contributed by atoms with Crippen molar-refractivity contribution in [2.75, 3.05) is 5.32 Å². The largest absolute Gasteiger partial charge is 0.355 e. The zero-order chi connectivity index (χ0) is 19.6. The van der Waals surface area contributed by atoms with Crippen LogP contribution in [0.4, 0.5) is 10.8 Å². The molecule has 0 spiro atoms. The third-order valence-corrected chi connectivity index (χ3v) is 6.14. The third-order valence-electron chi connectivity index (χ3n) is 4.11. The van der Waals surface area contributed by atoms with Crippen LogP contribution in [0.5, 0.6) is 0 Å². The van der Waals surface area contributed by atoms with Crippen molar-refractivity contribution < 1.29 is 9.59 Å². The molecule has 2 N–H and O–H groups in total. The van der Waals surface area contributed by atoms with Crippen molar-refractivity contribution >= 4 is 45.5 Å². The highest BCUT2D eigenvalue weighted by molar-refractivity contribution is 8.02. The standard InChI is InChI=1S/C19H20N4O2S2/c1-10-15(12(3)24)11(2)20-16(10)17(25)13(4)26-19-23-22-18(27-19)21-14-8-6-5-7-9-14/h5-9,13,20H,1-4H3,(H,21,22)/t13-/m1/s1. The Bertz CT molecular complexity index is 979. The summed E-state index contributed by atoms with van der Waals surface area (Å²) in [5.41, 5.74) is 3.46. The number of aryl methyl sites for hydroxylation is 1. The lowest BCUT2D eigenvalue weighted by Gasteiger charge is -2.07. The maximum Gasteiger partial charge on any atom is 0.210 e. The number of carbonyl (C=O) groups is 2. The van der Waals surface area contributed by atoms with Crippen LogP contribution in [0.1, 0.15) is 46.0 Å². The number of Topliss-reactive ketones (excluding diaryl/α,β-unsaturated/α-hetero) is 2. The molecule has 0 bridgehead atoms. The van der Waals surface area contributed by atoms with Gasteiger partial charge in [0, 0.05) is 16.9 Å². The zero-order valence-corrected chi connectivity index (χ0v) is 17.1. The number of rotatable bonds is 7. The van der Waals surface area contributed by atoms with E-state index in [2.05, 4.69) is 20.5 Å². The van der Waals surface area contributed by atoms with E-state index in [-0.39, 0.29) is 16.8 Å². The number of benzene rings is 1. The van der Waals surface area contributed by atoms with Gasteiger partial charge in [0.1, 0.15) is 0 Å². The molecule has 0 unspecified atom stereocenters. The van der Waals surface area contributed by atoms with Gasteiger partial charge in [0.05, 0.1) is 10.9 Å². The summed E-state index contributed by atoms with van der Waals surface area (Å²) in [7, 11) is 0. The van der Waals surface area contributed by atoms with Crippen LogP contribution in [-0.4, -0.2) is 32.0 Å². The van der Waals surface area contributed by atoms with Gasteiger partial charge in [0.2, 0.25) is 5.13 Å². The topological polar surface area (TPSA) is 87.7 Å². The van der Waals surface area contributed by atoms with E-state index in [0.29, 0.717) is 26.3 Å². The molecule has 2 heterocycles. The van der Waals surface area contributed by atoms with Gasteiger partial charge in [-0.2, -0.15) is 0 Å². The van der Waals surface area contributed by atoms with Crippen molar-refractivity contribution in [3.05, 3.63) is 52.8 Å². The summed E-state index contributed by atoms with van der Waals surface area (Å²) in [5.74, 6) is -0.0952. The first-order valence-electron chi connectivity index (χ1n) is 8.43. The van der Waals surface area contributed by atoms with Crippen LogP contribution in [0, 0.1) is 13.8 Å². The molecule has 6 nitrogen and oxygen atoms in total. The number of nitrogens with one attached hydrogen (secondary N) is 2. The van der Waals surface area contributed by atoms with Crippen LogP contribution in [0.25, 0.3) is 0 Å². The van der Waals surface area contributed by atoms with Crippen LogP contribution >= 0.6 is 23.1 Å². The smallest absolute Gasteiger partial charge is 0.210 e. The van der Waals surface area contributed by atoms with Crippen LogP contribution in [0.15, 0.2) is 34.7 Å². The van der Waals surface area contributed by atoms with Gasteiger partial charge in [-0.05, 0) is 45.4 Å². The predicted molar refractivity (Wildman–Crippen MR) is 110 cm³/mol. The number of aromatic nitrogens is 3. The quantitative estimate of drug-likeness (QED) is 0.438. The summed E-state index contributed by atoms with van der Waals surface area (Å²) in [6, 6.07) is 9.72. The second kappa shape index (κ2) is 8.06. The van der Waals surface area contributed by atoms with E-state index in [0.717, 1.165) is 11.4 Å². The summed E-state index contributed by atoms with van der Waals surface area (Å²) < 4.78 is 0.710. The molecule has 0 saturated heterocycles. The molecule has 0 aliphatic carbocycles. The van der Waals surface area contributed by atoms with Crippen molar-refractivity contribution in [2.24, 2.45) is 0 Å². The Morgan fingerprint density at radius 1 is 1.19 bits per heavy atom. The monoisotopic (exact) mass is 400 g/mol. The average Bonchev–Trinajstić information content (AvgIpc) is 3.18. The van der Waals surface area contributed by atoms with Gasteiger partial charge in [0.25, 0.3) is 0 Å². The van der Waals surface area contributed by atoms with Crippen molar-refractivity contribution in [3.63, 3.8) is 0 Å². The Morgan fingerprint density at radius 2 is 1.89 bits per heavy atom. The van der Waals surface area contributed by atoms with Gasteiger partial charge >= 0.3 is 0 Å². The first kappa shape index (κ1) is 19.3. The van der Waals surface area contributed by atoms with Crippen LogP contribution in [0.3, 0.4) is 0 Å². The van der Waals surface area contributed by atoms with E-state index in [9.17, 15) is 9.59 Å². The van der Waals surface area contributed by atoms with Gasteiger partial charge in [-0.15, -0.1) is 10.2 Å². The number of hydrogen-bond acceptors (Lipinski definition) is 7. The SMILES string of the molecule is CC(=O)c1c(C)[nH]c(C(=O)[C@@H](C)Sc2nnc(Nc3ccccc3)s2)c1C. The Balaban J connectivity index is 1.71. The highest BCUT2D eigenvalue weighted by Gasteiger charge is 2.25. The Morgan fingerprint density at radius 3 is 2.52 bits per heavy atom. The van der Waals surface area contributed by atoms with E-state index in [1.807, 2.05) is 44.2 Å². The number of ketones is 2. The summed E-state index contributed by atoms with van der Waals surface area (Å²) in [5, 5.41) is 11.8. The maximum absolute atomic E-state index is 12.8. The summed E-state index contributed by atoms with van der Waals surface area (Å²) in [6.45, 7) is 6.96.